The molecule has 0 fully saturated rings. The number of fused-ring (bicyclic) bond motifs is 1. The molecule has 4 aromatic rings. The number of hydrogen-bond acceptors (Lipinski definition) is 9. The molecule has 4 rings (SSSR count). The van der Waals surface area contributed by atoms with Gasteiger partial charge in [-0.3, -0.25) is 19.4 Å². The van der Waals surface area contributed by atoms with Gasteiger partial charge in [0.25, 0.3) is 11.5 Å². The summed E-state index contributed by atoms with van der Waals surface area (Å²) in [6, 6.07) is 12.2. The van der Waals surface area contributed by atoms with Crippen LogP contribution in [-0.2, 0) is 4.79 Å². The number of nitrogens with one attached hydrogen (secondary N) is 3. The highest BCUT2D eigenvalue weighted by atomic mass is 32.2. The molecule has 0 spiro atoms. The van der Waals surface area contributed by atoms with Gasteiger partial charge in [-0.05, 0) is 48.9 Å². The number of carbonyl (C=O) groups is 2. The van der Waals surface area contributed by atoms with E-state index < -0.39 is 11.5 Å². The molecule has 2 amide bonds. The number of hydrogen-bond donors (Lipinski definition) is 4. The van der Waals surface area contributed by atoms with E-state index in [-0.39, 0.29) is 28.3 Å². The fraction of sp³-hybridized carbons (Fsp3) is 0.136. The van der Waals surface area contributed by atoms with Gasteiger partial charge < -0.3 is 21.1 Å². The van der Waals surface area contributed by atoms with Crippen LogP contribution in [0.4, 0.5) is 16.6 Å². The Morgan fingerprint density at radius 2 is 1.91 bits per heavy atom. The van der Waals surface area contributed by atoms with Crippen LogP contribution in [0.5, 0.6) is 5.75 Å². The second-order valence-corrected chi connectivity index (χ2v) is 9.14. The maximum Gasteiger partial charge on any atom is 0.277 e. The van der Waals surface area contributed by atoms with Crippen molar-refractivity contribution in [2.24, 2.45) is 0 Å². The highest BCUT2D eigenvalue weighted by Crippen LogP contribution is 2.27. The van der Waals surface area contributed by atoms with Gasteiger partial charge in [-0.25, -0.2) is 9.97 Å². The van der Waals surface area contributed by atoms with E-state index in [1.54, 1.807) is 24.3 Å². The lowest BCUT2D eigenvalue weighted by atomic mass is 10.2. The molecule has 0 unspecified atom stereocenters. The second-order valence-electron chi connectivity index (χ2n) is 7.14. The largest absolute Gasteiger partial charge is 0.497 e. The zero-order valence-electron chi connectivity index (χ0n) is 18.2. The number of benzene rings is 2. The Bertz CT molecular complexity index is 1430. The Balaban J connectivity index is 1.38. The van der Waals surface area contributed by atoms with E-state index in [1.165, 1.54) is 18.4 Å². The van der Waals surface area contributed by atoms with Crippen molar-refractivity contribution in [1.82, 2.24) is 15.0 Å². The summed E-state index contributed by atoms with van der Waals surface area (Å²) in [5.74, 6) is -0.407. The van der Waals surface area contributed by atoms with Crippen LogP contribution >= 0.6 is 23.1 Å². The van der Waals surface area contributed by atoms with Gasteiger partial charge in [0.05, 0.1) is 23.1 Å². The molecule has 2 aromatic heterocycles. The van der Waals surface area contributed by atoms with Crippen molar-refractivity contribution in [2.75, 3.05) is 29.2 Å². The Morgan fingerprint density at radius 3 is 2.62 bits per heavy atom. The van der Waals surface area contributed by atoms with Crippen LogP contribution in [0.1, 0.15) is 15.9 Å². The van der Waals surface area contributed by atoms with Crippen molar-refractivity contribution in [3.05, 3.63) is 63.9 Å². The number of nitrogen functional groups attached to an aromatic ring is 1. The first-order chi connectivity index (χ1) is 16.3. The van der Waals surface area contributed by atoms with Crippen molar-refractivity contribution >= 4 is 61.8 Å². The first-order valence-electron chi connectivity index (χ1n) is 9.97. The normalized spacial score (nSPS) is 10.8. The second kappa shape index (κ2) is 9.93. The van der Waals surface area contributed by atoms with Crippen molar-refractivity contribution in [2.45, 2.75) is 12.1 Å². The zero-order chi connectivity index (χ0) is 24.2. The molecule has 34 heavy (non-hydrogen) atoms. The minimum atomic E-state index is -0.626. The summed E-state index contributed by atoms with van der Waals surface area (Å²) in [6.45, 7) is 1.99. The maximum atomic E-state index is 12.5. The van der Waals surface area contributed by atoms with Crippen molar-refractivity contribution in [3.63, 3.8) is 0 Å². The summed E-state index contributed by atoms with van der Waals surface area (Å²) in [6.07, 6.45) is 0. The molecular formula is C22H20N6O4S2. The number of aryl methyl sites for hydroxylation is 1. The van der Waals surface area contributed by atoms with E-state index in [0.717, 1.165) is 27.5 Å². The molecule has 0 saturated heterocycles. The fourth-order valence-corrected chi connectivity index (χ4v) is 4.61. The van der Waals surface area contributed by atoms with Crippen LogP contribution < -0.4 is 26.7 Å². The van der Waals surface area contributed by atoms with Crippen LogP contribution in [-0.4, -0.2) is 39.6 Å². The van der Waals surface area contributed by atoms with E-state index in [1.807, 2.05) is 25.1 Å². The number of nitrogens with two attached hydrogens (primary N) is 1. The number of amides is 2. The number of nitrogens with zero attached hydrogens (tertiary/aromatic N) is 2. The van der Waals surface area contributed by atoms with Gasteiger partial charge in [-0.15, -0.1) is 0 Å². The summed E-state index contributed by atoms with van der Waals surface area (Å²) < 4.78 is 6.04. The molecular weight excluding hydrogens is 476 g/mol. The van der Waals surface area contributed by atoms with E-state index in [0.29, 0.717) is 16.4 Å². The maximum absolute atomic E-state index is 12.5. The number of thiazole rings is 1. The van der Waals surface area contributed by atoms with Gasteiger partial charge in [0.2, 0.25) is 5.91 Å². The van der Waals surface area contributed by atoms with Crippen LogP contribution in [0.2, 0.25) is 0 Å². The minimum Gasteiger partial charge on any atom is -0.497 e. The number of aromatic amines is 1. The standard InChI is InChI=1S/C22H20N6O4S2/c1-11-3-8-14-15(9-11)34-22(24-14)25-16(29)10-33-21-27-18(23)17(20(31)28-21)26-19(30)12-4-6-13(32-2)7-5-12/h3-9H,10H2,1-2H3,(H,26,30)(H,24,25,29)(H3,23,27,28,31). The lowest BCUT2D eigenvalue weighted by Crippen LogP contribution is -2.23. The molecule has 2 heterocycles. The number of thioether (sulfide) groups is 1. The predicted molar refractivity (Wildman–Crippen MR) is 134 cm³/mol. The number of carbonyl (C=O) groups excluding carboxylic acids is 2. The fourth-order valence-electron chi connectivity index (χ4n) is 2.96. The summed E-state index contributed by atoms with van der Waals surface area (Å²) in [4.78, 5) is 48.2. The van der Waals surface area contributed by atoms with Crippen molar-refractivity contribution < 1.29 is 14.3 Å². The summed E-state index contributed by atoms with van der Waals surface area (Å²) in [5, 5.41) is 5.85. The SMILES string of the molecule is COc1ccc(C(=O)Nc2c(N)nc(SCC(=O)Nc3nc4ccc(C)cc4s3)[nH]c2=O)cc1. The van der Waals surface area contributed by atoms with Crippen LogP contribution in [0.15, 0.2) is 52.4 Å². The van der Waals surface area contributed by atoms with Crippen molar-refractivity contribution in [1.29, 1.82) is 0 Å². The first kappa shape index (κ1) is 23.3. The minimum absolute atomic E-state index is 0.0190. The van der Waals surface area contributed by atoms with Gasteiger partial charge in [-0.1, -0.05) is 29.2 Å². The molecule has 10 nitrogen and oxygen atoms in total. The third-order valence-electron chi connectivity index (χ3n) is 4.65. The van der Waals surface area contributed by atoms with Gasteiger partial charge in [0, 0.05) is 5.56 Å². The third kappa shape index (κ3) is 5.35. The van der Waals surface area contributed by atoms with E-state index in [4.69, 9.17) is 10.5 Å². The molecule has 0 saturated carbocycles. The molecule has 0 aliphatic heterocycles. The van der Waals surface area contributed by atoms with Gasteiger partial charge in [0.15, 0.2) is 16.1 Å². The number of anilines is 3. The molecule has 0 bridgehead atoms. The Labute approximate surface area is 202 Å². The summed E-state index contributed by atoms with van der Waals surface area (Å²) >= 11 is 2.39. The number of ether oxygens (including phenoxy) is 1. The van der Waals surface area contributed by atoms with Crippen molar-refractivity contribution in [3.8, 4) is 5.75 Å². The molecule has 0 aliphatic rings. The topological polar surface area (TPSA) is 152 Å². The molecule has 5 N–H and O–H groups in total. The predicted octanol–water partition coefficient (Wildman–Crippen LogP) is 3.26. The first-order valence-corrected chi connectivity index (χ1v) is 11.8. The molecule has 12 heteroatoms. The number of rotatable bonds is 7. The lowest BCUT2D eigenvalue weighted by Gasteiger charge is -2.09. The summed E-state index contributed by atoms with van der Waals surface area (Å²) in [5.41, 5.74) is 7.34. The van der Waals surface area contributed by atoms with Crippen LogP contribution in [0, 0.1) is 6.92 Å². The molecule has 0 radical (unpaired) electrons. The van der Waals surface area contributed by atoms with E-state index in [2.05, 4.69) is 25.6 Å². The van der Waals surface area contributed by atoms with Crippen LogP contribution in [0.25, 0.3) is 10.2 Å². The zero-order valence-corrected chi connectivity index (χ0v) is 19.8. The molecule has 174 valence electrons. The number of aromatic nitrogens is 3. The average molecular weight is 497 g/mol. The number of H-pyrrole nitrogens is 1. The lowest BCUT2D eigenvalue weighted by molar-refractivity contribution is -0.113. The van der Waals surface area contributed by atoms with E-state index >= 15 is 0 Å². The van der Waals surface area contributed by atoms with Gasteiger partial charge in [0.1, 0.15) is 11.4 Å². The smallest absolute Gasteiger partial charge is 0.277 e. The molecule has 0 aliphatic carbocycles. The monoisotopic (exact) mass is 496 g/mol. The molecule has 0 atom stereocenters. The van der Waals surface area contributed by atoms with Crippen LogP contribution in [0.3, 0.4) is 0 Å². The third-order valence-corrected chi connectivity index (χ3v) is 6.45. The van der Waals surface area contributed by atoms with Gasteiger partial charge >= 0.3 is 0 Å². The van der Waals surface area contributed by atoms with Gasteiger partial charge in [-0.2, -0.15) is 0 Å². The Morgan fingerprint density at radius 1 is 1.15 bits per heavy atom. The Hall–Kier alpha value is -3.90. The highest BCUT2D eigenvalue weighted by molar-refractivity contribution is 7.99. The highest BCUT2D eigenvalue weighted by Gasteiger charge is 2.15. The molecule has 2 aromatic carbocycles. The summed E-state index contributed by atoms with van der Waals surface area (Å²) in [7, 11) is 1.52. The quantitative estimate of drug-likeness (QED) is 0.225. The number of methoxy groups -OCH3 is 1. The Kier molecular flexibility index (Phi) is 6.80. The van der Waals surface area contributed by atoms with E-state index in [9.17, 15) is 14.4 Å². The average Bonchev–Trinajstić information content (AvgIpc) is 3.21.